The molecule has 0 aliphatic heterocycles. The van der Waals surface area contributed by atoms with E-state index in [4.69, 9.17) is 16.0 Å². The Bertz CT molecular complexity index is 1070. The molecule has 7 nitrogen and oxygen atoms in total. The number of hydrogen-bond acceptors (Lipinski definition) is 5. The zero-order valence-electron chi connectivity index (χ0n) is 12.9. The van der Waals surface area contributed by atoms with E-state index in [-0.39, 0.29) is 22.2 Å². The predicted molar refractivity (Wildman–Crippen MR) is 93.3 cm³/mol. The van der Waals surface area contributed by atoms with Crippen LogP contribution in [0.15, 0.2) is 51.7 Å². The number of hydrogen-bond donors (Lipinski definition) is 1. The summed E-state index contributed by atoms with van der Waals surface area (Å²) >= 11 is 6.00. The van der Waals surface area contributed by atoms with Crippen LogP contribution < -0.4 is 10.9 Å². The SMILES string of the molecule is Cc1c(Cl)cccc1NC(=O)c1cc2cc([N+](=O)[O-])ccc2oc1=O. The average molecular weight is 359 g/mol. The highest BCUT2D eigenvalue weighted by Crippen LogP contribution is 2.24. The van der Waals surface area contributed by atoms with Gasteiger partial charge in [0, 0.05) is 28.2 Å². The molecule has 1 heterocycles. The Morgan fingerprint density at radius 3 is 2.72 bits per heavy atom. The number of carbonyl (C=O) groups is 1. The van der Waals surface area contributed by atoms with E-state index in [0.717, 1.165) is 0 Å². The lowest BCUT2D eigenvalue weighted by Gasteiger charge is -2.09. The molecule has 8 heteroatoms. The molecule has 3 rings (SSSR count). The number of rotatable bonds is 3. The third-order valence-electron chi connectivity index (χ3n) is 3.69. The number of anilines is 1. The van der Waals surface area contributed by atoms with Crippen molar-refractivity contribution in [3.63, 3.8) is 0 Å². The summed E-state index contributed by atoms with van der Waals surface area (Å²) in [6.45, 7) is 1.73. The zero-order chi connectivity index (χ0) is 18.1. The number of benzene rings is 2. The van der Waals surface area contributed by atoms with Crippen molar-refractivity contribution in [3.8, 4) is 0 Å². The lowest BCUT2D eigenvalue weighted by atomic mass is 10.1. The quantitative estimate of drug-likeness (QED) is 0.434. The fourth-order valence-corrected chi connectivity index (χ4v) is 2.49. The van der Waals surface area contributed by atoms with E-state index in [2.05, 4.69) is 5.32 Å². The summed E-state index contributed by atoms with van der Waals surface area (Å²) < 4.78 is 5.08. The molecule has 0 radical (unpaired) electrons. The van der Waals surface area contributed by atoms with Crippen molar-refractivity contribution >= 4 is 39.9 Å². The number of carbonyl (C=O) groups excluding carboxylic acids is 1. The summed E-state index contributed by atoms with van der Waals surface area (Å²) in [6, 6.07) is 10.0. The molecule has 126 valence electrons. The van der Waals surface area contributed by atoms with Gasteiger partial charge in [-0.05, 0) is 36.8 Å². The van der Waals surface area contributed by atoms with Crippen molar-refractivity contribution in [2.24, 2.45) is 0 Å². The summed E-state index contributed by atoms with van der Waals surface area (Å²) in [4.78, 5) is 34.8. The fraction of sp³-hybridized carbons (Fsp3) is 0.0588. The predicted octanol–water partition coefficient (Wildman–Crippen LogP) is 3.92. The minimum atomic E-state index is -0.835. The molecule has 2 aromatic carbocycles. The summed E-state index contributed by atoms with van der Waals surface area (Å²) in [5, 5.41) is 14.2. The van der Waals surface area contributed by atoms with Crippen LogP contribution in [0.2, 0.25) is 5.02 Å². The van der Waals surface area contributed by atoms with E-state index in [9.17, 15) is 19.7 Å². The average Bonchev–Trinajstić information content (AvgIpc) is 2.57. The van der Waals surface area contributed by atoms with E-state index in [1.54, 1.807) is 25.1 Å². The van der Waals surface area contributed by atoms with Crippen LogP contribution in [0, 0.1) is 17.0 Å². The van der Waals surface area contributed by atoms with Crippen LogP contribution in [0.4, 0.5) is 11.4 Å². The Balaban J connectivity index is 2.03. The second-order valence-electron chi connectivity index (χ2n) is 5.29. The van der Waals surface area contributed by atoms with Crippen molar-refractivity contribution in [3.05, 3.63) is 79.1 Å². The minimum absolute atomic E-state index is 0.158. The Labute approximate surface area is 146 Å². The van der Waals surface area contributed by atoms with Gasteiger partial charge in [0.25, 0.3) is 11.6 Å². The highest BCUT2D eigenvalue weighted by atomic mass is 35.5. The number of nitro benzene ring substituents is 1. The van der Waals surface area contributed by atoms with Crippen LogP contribution in [-0.2, 0) is 0 Å². The van der Waals surface area contributed by atoms with Gasteiger partial charge in [0.05, 0.1) is 4.92 Å². The molecule has 0 atom stereocenters. The molecule has 0 saturated heterocycles. The lowest BCUT2D eigenvalue weighted by Crippen LogP contribution is -2.21. The van der Waals surface area contributed by atoms with Gasteiger partial charge in [-0.3, -0.25) is 14.9 Å². The Hall–Kier alpha value is -3.19. The van der Waals surface area contributed by atoms with Crippen LogP contribution in [0.25, 0.3) is 11.0 Å². The normalized spacial score (nSPS) is 10.6. The molecule has 25 heavy (non-hydrogen) atoms. The number of nitrogens with one attached hydrogen (secondary N) is 1. The zero-order valence-corrected chi connectivity index (χ0v) is 13.7. The third kappa shape index (κ3) is 3.22. The largest absolute Gasteiger partial charge is 0.422 e. The van der Waals surface area contributed by atoms with Crippen molar-refractivity contribution in [2.75, 3.05) is 5.32 Å². The topological polar surface area (TPSA) is 102 Å². The molecule has 3 aromatic rings. The first-order chi connectivity index (χ1) is 11.9. The molecule has 0 fully saturated rings. The van der Waals surface area contributed by atoms with Crippen molar-refractivity contribution in [2.45, 2.75) is 6.92 Å². The second kappa shape index (κ2) is 6.37. The molecule has 0 aliphatic rings. The molecule has 0 bridgehead atoms. The first kappa shape index (κ1) is 16.7. The van der Waals surface area contributed by atoms with Gasteiger partial charge in [-0.1, -0.05) is 17.7 Å². The molecule has 0 unspecified atom stereocenters. The third-order valence-corrected chi connectivity index (χ3v) is 4.10. The maximum absolute atomic E-state index is 12.4. The van der Waals surface area contributed by atoms with E-state index >= 15 is 0 Å². The van der Waals surface area contributed by atoms with Crippen LogP contribution in [0.1, 0.15) is 15.9 Å². The van der Waals surface area contributed by atoms with Crippen LogP contribution in [0.5, 0.6) is 0 Å². The number of amides is 1. The van der Waals surface area contributed by atoms with E-state index in [1.165, 1.54) is 24.3 Å². The number of nitrogens with zero attached hydrogens (tertiary/aromatic N) is 1. The van der Waals surface area contributed by atoms with E-state index in [0.29, 0.717) is 16.3 Å². The first-order valence-corrected chi connectivity index (χ1v) is 7.53. The lowest BCUT2D eigenvalue weighted by molar-refractivity contribution is -0.384. The van der Waals surface area contributed by atoms with Crippen LogP contribution in [-0.4, -0.2) is 10.8 Å². The monoisotopic (exact) mass is 358 g/mol. The highest BCUT2D eigenvalue weighted by Gasteiger charge is 2.17. The molecule has 1 amide bonds. The standard InChI is InChI=1S/C17H11ClN2O5/c1-9-13(18)3-2-4-14(9)19-16(21)12-8-10-7-11(20(23)24)5-6-15(10)25-17(12)22/h2-8H,1H3,(H,19,21). The summed E-state index contributed by atoms with van der Waals surface area (Å²) in [5.41, 5.74) is 0.00440. The van der Waals surface area contributed by atoms with Gasteiger partial charge in [0.15, 0.2) is 0 Å². The first-order valence-electron chi connectivity index (χ1n) is 7.15. The maximum Gasteiger partial charge on any atom is 0.349 e. The maximum atomic E-state index is 12.4. The smallest absolute Gasteiger partial charge is 0.349 e. The van der Waals surface area contributed by atoms with Gasteiger partial charge in [0.2, 0.25) is 0 Å². The van der Waals surface area contributed by atoms with Gasteiger partial charge in [-0.15, -0.1) is 0 Å². The fourth-order valence-electron chi connectivity index (χ4n) is 2.32. The van der Waals surface area contributed by atoms with Gasteiger partial charge in [-0.2, -0.15) is 0 Å². The Morgan fingerprint density at radius 2 is 2.00 bits per heavy atom. The minimum Gasteiger partial charge on any atom is -0.422 e. The second-order valence-corrected chi connectivity index (χ2v) is 5.70. The Morgan fingerprint density at radius 1 is 1.24 bits per heavy atom. The summed E-state index contributed by atoms with van der Waals surface area (Å²) in [7, 11) is 0. The molecule has 1 N–H and O–H groups in total. The number of nitro groups is 1. The molecule has 1 aromatic heterocycles. The van der Waals surface area contributed by atoms with Crippen molar-refractivity contribution in [1.82, 2.24) is 0 Å². The van der Waals surface area contributed by atoms with Gasteiger partial charge < -0.3 is 9.73 Å². The number of fused-ring (bicyclic) bond motifs is 1. The molecule has 0 saturated carbocycles. The van der Waals surface area contributed by atoms with Crippen LogP contribution >= 0.6 is 11.6 Å². The van der Waals surface area contributed by atoms with Crippen molar-refractivity contribution < 1.29 is 14.1 Å². The number of halogens is 1. The number of non-ortho nitro benzene ring substituents is 1. The van der Waals surface area contributed by atoms with Crippen molar-refractivity contribution in [1.29, 1.82) is 0 Å². The van der Waals surface area contributed by atoms with Gasteiger partial charge in [-0.25, -0.2) is 4.79 Å². The van der Waals surface area contributed by atoms with E-state index < -0.39 is 16.5 Å². The Kier molecular flexibility index (Phi) is 4.24. The van der Waals surface area contributed by atoms with Gasteiger partial charge >= 0.3 is 5.63 Å². The van der Waals surface area contributed by atoms with Crippen LogP contribution in [0.3, 0.4) is 0 Å². The molecular formula is C17H11ClN2O5. The summed E-state index contributed by atoms with van der Waals surface area (Å²) in [5.74, 6) is -0.687. The molecular weight excluding hydrogens is 348 g/mol. The molecule has 0 spiro atoms. The van der Waals surface area contributed by atoms with Gasteiger partial charge in [0.1, 0.15) is 11.1 Å². The summed E-state index contributed by atoms with van der Waals surface area (Å²) in [6.07, 6.45) is 0. The van der Waals surface area contributed by atoms with E-state index in [1.807, 2.05) is 0 Å². The molecule has 0 aliphatic carbocycles. The highest BCUT2D eigenvalue weighted by molar-refractivity contribution is 6.31.